The van der Waals surface area contributed by atoms with Gasteiger partial charge in [0.2, 0.25) is 11.8 Å². The van der Waals surface area contributed by atoms with Gasteiger partial charge in [0.25, 0.3) is 5.56 Å². The summed E-state index contributed by atoms with van der Waals surface area (Å²) in [7, 11) is 0. The van der Waals surface area contributed by atoms with Crippen molar-refractivity contribution < 1.29 is 17.6 Å². The number of hydrogen-bond acceptors (Lipinski definition) is 4. The van der Waals surface area contributed by atoms with E-state index in [2.05, 4.69) is 10.2 Å². The average Bonchev–Trinajstić information content (AvgIpc) is 3.00. The van der Waals surface area contributed by atoms with Crippen LogP contribution in [0.2, 0.25) is 0 Å². The fourth-order valence-corrected chi connectivity index (χ4v) is 2.16. The van der Waals surface area contributed by atoms with Gasteiger partial charge in [0.15, 0.2) is 0 Å². The number of pyridine rings is 1. The smallest absolute Gasteiger partial charge is 0.416 e. The van der Waals surface area contributed by atoms with Crippen LogP contribution in [0.3, 0.4) is 0 Å². The zero-order chi connectivity index (χ0) is 17.3. The third-order valence-corrected chi connectivity index (χ3v) is 3.44. The number of aromatic nitrogens is 3. The van der Waals surface area contributed by atoms with Gasteiger partial charge in [0.05, 0.1) is 5.56 Å². The van der Waals surface area contributed by atoms with Crippen molar-refractivity contribution in [3.8, 4) is 11.5 Å². The predicted molar refractivity (Wildman–Crippen MR) is 79.3 cm³/mol. The molecule has 0 aliphatic carbocycles. The van der Waals surface area contributed by atoms with E-state index in [4.69, 9.17) is 4.42 Å². The highest BCUT2D eigenvalue weighted by Crippen LogP contribution is 2.30. The van der Waals surface area contributed by atoms with E-state index >= 15 is 0 Å². The molecule has 0 saturated heterocycles. The number of hydrogen-bond donors (Lipinski definition) is 0. The molecule has 0 unspecified atom stereocenters. The van der Waals surface area contributed by atoms with Gasteiger partial charge in [0.1, 0.15) is 6.54 Å². The number of nitrogens with zero attached hydrogens (tertiary/aromatic N) is 3. The maximum atomic E-state index is 12.6. The van der Waals surface area contributed by atoms with Gasteiger partial charge >= 0.3 is 6.18 Å². The third-order valence-electron chi connectivity index (χ3n) is 3.44. The van der Waals surface area contributed by atoms with E-state index in [0.29, 0.717) is 11.1 Å². The van der Waals surface area contributed by atoms with Crippen molar-refractivity contribution in [1.29, 1.82) is 0 Å². The van der Waals surface area contributed by atoms with Crippen LogP contribution in [0.25, 0.3) is 11.5 Å². The van der Waals surface area contributed by atoms with Crippen molar-refractivity contribution in [2.24, 2.45) is 0 Å². The normalized spacial score (nSPS) is 11.7. The highest BCUT2D eigenvalue weighted by Gasteiger charge is 2.30. The van der Waals surface area contributed by atoms with E-state index in [-0.39, 0.29) is 23.9 Å². The summed E-state index contributed by atoms with van der Waals surface area (Å²) in [5.41, 5.74) is 0.0300. The minimum absolute atomic E-state index is 0.0914. The van der Waals surface area contributed by atoms with Crippen LogP contribution in [-0.4, -0.2) is 14.8 Å². The summed E-state index contributed by atoms with van der Waals surface area (Å²) in [6.45, 7) is 1.79. The Labute approximate surface area is 134 Å². The largest absolute Gasteiger partial charge is 0.419 e. The first kappa shape index (κ1) is 16.0. The molecule has 2 heterocycles. The molecule has 0 fully saturated rings. The Morgan fingerprint density at radius 1 is 1.12 bits per heavy atom. The minimum Gasteiger partial charge on any atom is -0.419 e. The molecule has 24 heavy (non-hydrogen) atoms. The zero-order valence-corrected chi connectivity index (χ0v) is 12.5. The first-order valence-electron chi connectivity index (χ1n) is 7.00. The summed E-state index contributed by atoms with van der Waals surface area (Å²) < 4.78 is 44.5. The number of alkyl halides is 3. The second kappa shape index (κ2) is 5.95. The standard InChI is InChI=1S/C16H12F3N3O2/c1-10-3-2-8-22(15(10)23)9-13-20-21-14(24-13)11-4-6-12(7-5-11)16(17,18)19/h2-8H,9H2,1H3. The summed E-state index contributed by atoms with van der Waals surface area (Å²) in [6.07, 6.45) is -2.80. The van der Waals surface area contributed by atoms with Gasteiger partial charge in [-0.05, 0) is 37.3 Å². The molecule has 3 aromatic rings. The van der Waals surface area contributed by atoms with E-state index in [9.17, 15) is 18.0 Å². The van der Waals surface area contributed by atoms with Crippen LogP contribution < -0.4 is 5.56 Å². The number of benzene rings is 1. The van der Waals surface area contributed by atoms with Gasteiger partial charge in [-0.1, -0.05) is 6.07 Å². The Bertz CT molecular complexity index is 911. The summed E-state index contributed by atoms with van der Waals surface area (Å²) in [5, 5.41) is 7.64. The number of aryl methyl sites for hydroxylation is 1. The fraction of sp³-hybridized carbons (Fsp3) is 0.188. The van der Waals surface area contributed by atoms with Gasteiger partial charge in [-0.2, -0.15) is 13.2 Å². The lowest BCUT2D eigenvalue weighted by Gasteiger charge is -2.06. The van der Waals surface area contributed by atoms with Gasteiger partial charge < -0.3 is 8.98 Å². The monoisotopic (exact) mass is 335 g/mol. The lowest BCUT2D eigenvalue weighted by molar-refractivity contribution is -0.137. The van der Waals surface area contributed by atoms with E-state index < -0.39 is 11.7 Å². The first-order valence-corrected chi connectivity index (χ1v) is 7.00. The van der Waals surface area contributed by atoms with Crippen LogP contribution in [0.4, 0.5) is 13.2 Å². The molecule has 1 aromatic carbocycles. The SMILES string of the molecule is Cc1cccn(Cc2nnc(-c3ccc(C(F)(F)F)cc3)o2)c1=O. The predicted octanol–water partition coefficient (Wildman–Crippen LogP) is 3.27. The zero-order valence-electron chi connectivity index (χ0n) is 12.5. The van der Waals surface area contributed by atoms with Gasteiger partial charge in [0, 0.05) is 17.3 Å². The van der Waals surface area contributed by atoms with Crippen molar-refractivity contribution in [1.82, 2.24) is 14.8 Å². The lowest BCUT2D eigenvalue weighted by atomic mass is 10.1. The molecule has 2 aromatic heterocycles. The molecular weight excluding hydrogens is 323 g/mol. The summed E-state index contributed by atoms with van der Waals surface area (Å²) in [6, 6.07) is 7.84. The molecule has 5 nitrogen and oxygen atoms in total. The molecular formula is C16H12F3N3O2. The summed E-state index contributed by atoms with van der Waals surface area (Å²) in [4.78, 5) is 11.9. The van der Waals surface area contributed by atoms with Crippen LogP contribution in [0.1, 0.15) is 17.0 Å². The Hall–Kier alpha value is -2.90. The van der Waals surface area contributed by atoms with Crippen LogP contribution in [0.15, 0.2) is 51.8 Å². The highest BCUT2D eigenvalue weighted by atomic mass is 19.4. The fourth-order valence-electron chi connectivity index (χ4n) is 2.16. The van der Waals surface area contributed by atoms with Crippen molar-refractivity contribution in [3.63, 3.8) is 0 Å². The molecule has 0 aliphatic rings. The molecule has 0 radical (unpaired) electrons. The Morgan fingerprint density at radius 3 is 2.50 bits per heavy atom. The minimum atomic E-state index is -4.40. The van der Waals surface area contributed by atoms with Crippen LogP contribution in [0.5, 0.6) is 0 Å². The Kier molecular flexibility index (Phi) is 3.96. The molecule has 0 N–H and O–H groups in total. The van der Waals surface area contributed by atoms with E-state index in [1.165, 1.54) is 16.7 Å². The Morgan fingerprint density at radius 2 is 1.83 bits per heavy atom. The summed E-state index contributed by atoms with van der Waals surface area (Å²) in [5.74, 6) is 0.289. The van der Waals surface area contributed by atoms with Gasteiger partial charge in [-0.25, -0.2) is 0 Å². The molecule has 124 valence electrons. The molecule has 3 rings (SSSR count). The lowest BCUT2D eigenvalue weighted by Crippen LogP contribution is -2.21. The molecule has 0 amide bonds. The second-order valence-electron chi connectivity index (χ2n) is 5.20. The van der Waals surface area contributed by atoms with Gasteiger partial charge in [-0.15, -0.1) is 10.2 Å². The highest BCUT2D eigenvalue weighted by molar-refractivity contribution is 5.53. The molecule has 0 bridgehead atoms. The molecule has 0 saturated carbocycles. The molecule has 0 aliphatic heterocycles. The number of rotatable bonds is 3. The van der Waals surface area contributed by atoms with E-state index in [1.807, 2.05) is 0 Å². The quantitative estimate of drug-likeness (QED) is 0.737. The van der Waals surface area contributed by atoms with Crippen molar-refractivity contribution >= 4 is 0 Å². The first-order chi connectivity index (χ1) is 11.3. The maximum absolute atomic E-state index is 12.6. The van der Waals surface area contributed by atoms with Crippen molar-refractivity contribution in [2.75, 3.05) is 0 Å². The molecule has 0 atom stereocenters. The average molecular weight is 335 g/mol. The van der Waals surface area contributed by atoms with Crippen LogP contribution in [-0.2, 0) is 12.7 Å². The van der Waals surface area contributed by atoms with E-state index in [1.54, 1.807) is 25.3 Å². The maximum Gasteiger partial charge on any atom is 0.416 e. The molecule has 0 spiro atoms. The van der Waals surface area contributed by atoms with Crippen LogP contribution >= 0.6 is 0 Å². The topological polar surface area (TPSA) is 60.9 Å². The van der Waals surface area contributed by atoms with E-state index in [0.717, 1.165) is 12.1 Å². The third kappa shape index (κ3) is 3.22. The van der Waals surface area contributed by atoms with Gasteiger partial charge in [-0.3, -0.25) is 4.79 Å². The summed E-state index contributed by atoms with van der Waals surface area (Å²) >= 11 is 0. The second-order valence-corrected chi connectivity index (χ2v) is 5.20. The van der Waals surface area contributed by atoms with Crippen LogP contribution in [0, 0.1) is 6.92 Å². The molecule has 8 heteroatoms. The Balaban J connectivity index is 1.83. The van der Waals surface area contributed by atoms with Crippen molar-refractivity contribution in [3.05, 3.63) is 70.0 Å². The van der Waals surface area contributed by atoms with Crippen molar-refractivity contribution in [2.45, 2.75) is 19.6 Å². The number of halogens is 3.